The molecule has 2 amide bonds. The maximum atomic E-state index is 12.6. The van der Waals surface area contributed by atoms with Crippen LogP contribution in [-0.2, 0) is 25.6 Å². The van der Waals surface area contributed by atoms with Gasteiger partial charge in [0.2, 0.25) is 0 Å². The fourth-order valence-corrected chi connectivity index (χ4v) is 2.33. The lowest BCUT2D eigenvalue weighted by molar-refractivity contribution is -0.117. The number of amides is 2. The highest BCUT2D eigenvalue weighted by Gasteiger charge is 2.67. The van der Waals surface area contributed by atoms with E-state index in [0.29, 0.717) is 11.3 Å². The summed E-state index contributed by atoms with van der Waals surface area (Å²) in [7, 11) is 0. The number of carbonyl (C=O) groups is 3. The highest BCUT2D eigenvalue weighted by atomic mass is 16.7. The zero-order valence-corrected chi connectivity index (χ0v) is 15.2. The molecule has 0 unspecified atom stereocenters. The summed E-state index contributed by atoms with van der Waals surface area (Å²) in [6.07, 6.45) is -1.54. The molecule has 0 saturated carbocycles. The average molecular weight is 364 g/mol. The van der Waals surface area contributed by atoms with Gasteiger partial charge in [-0.2, -0.15) is 4.90 Å². The normalized spacial score (nSPS) is 18.7. The number of cyclic esters (lactones) is 1. The van der Waals surface area contributed by atoms with Gasteiger partial charge in [0, 0.05) is 6.42 Å². The largest absolute Gasteiger partial charge is 0.444 e. The van der Waals surface area contributed by atoms with Gasteiger partial charge in [0.15, 0.2) is 0 Å². The molecule has 1 aliphatic rings. The molecular formula is C18H24N2O6. The third-order valence-corrected chi connectivity index (χ3v) is 3.58. The van der Waals surface area contributed by atoms with Crippen LogP contribution >= 0.6 is 0 Å². The Morgan fingerprint density at radius 1 is 1.19 bits per heavy atom. The van der Waals surface area contributed by atoms with Crippen LogP contribution in [-0.4, -0.2) is 40.9 Å². The predicted molar refractivity (Wildman–Crippen MR) is 91.8 cm³/mol. The van der Waals surface area contributed by atoms with Crippen molar-refractivity contribution in [3.8, 4) is 0 Å². The van der Waals surface area contributed by atoms with Crippen LogP contribution < -0.4 is 5.73 Å². The number of hydrogen-bond donors (Lipinski definition) is 1. The van der Waals surface area contributed by atoms with E-state index in [9.17, 15) is 14.4 Å². The van der Waals surface area contributed by atoms with Crippen LogP contribution in [0.25, 0.3) is 0 Å². The first-order chi connectivity index (χ1) is 12.2. The molecule has 1 fully saturated rings. The van der Waals surface area contributed by atoms with Gasteiger partial charge >= 0.3 is 18.2 Å². The molecule has 0 bridgehead atoms. The molecule has 1 aliphatic heterocycles. The number of rotatable bonds is 6. The molecule has 142 valence electrons. The third kappa shape index (κ3) is 4.72. The van der Waals surface area contributed by atoms with Crippen LogP contribution in [0.5, 0.6) is 0 Å². The van der Waals surface area contributed by atoms with Crippen molar-refractivity contribution in [1.82, 2.24) is 4.90 Å². The minimum Gasteiger partial charge on any atom is -0.444 e. The number of epoxide rings is 1. The second-order valence-electron chi connectivity index (χ2n) is 6.92. The van der Waals surface area contributed by atoms with Crippen molar-refractivity contribution < 1.29 is 28.6 Å². The summed E-state index contributed by atoms with van der Waals surface area (Å²) in [5.41, 5.74) is 3.66. The lowest BCUT2D eigenvalue weighted by Crippen LogP contribution is -2.50. The van der Waals surface area contributed by atoms with Crippen molar-refractivity contribution in [2.45, 2.75) is 51.5 Å². The van der Waals surface area contributed by atoms with Gasteiger partial charge in [0.05, 0.1) is 0 Å². The van der Waals surface area contributed by atoms with Crippen LogP contribution in [0, 0.1) is 0 Å². The molecule has 0 aromatic heterocycles. The molecule has 1 saturated heterocycles. The van der Waals surface area contributed by atoms with E-state index in [-0.39, 0.29) is 19.6 Å². The minimum atomic E-state index is -1.70. The first-order valence-electron chi connectivity index (χ1n) is 8.37. The summed E-state index contributed by atoms with van der Waals surface area (Å²) in [5.74, 6) is -0.687. The van der Waals surface area contributed by atoms with Crippen LogP contribution in [0.15, 0.2) is 30.3 Å². The standard InChI is InChI=1S/C18H24N2O6/c1-17(2,3)26-16(23)20(18(10-7-11-19)14(21)25-18)15(22)24-12-13-8-5-4-6-9-13/h4-6,8-9H,7,10-12,19H2,1-3H3/t18-/m0/s1. The molecule has 26 heavy (non-hydrogen) atoms. The summed E-state index contributed by atoms with van der Waals surface area (Å²) < 4.78 is 15.5. The number of benzene rings is 1. The number of nitrogens with two attached hydrogens (primary N) is 1. The fraction of sp³-hybridized carbons (Fsp3) is 0.500. The second-order valence-corrected chi connectivity index (χ2v) is 6.92. The van der Waals surface area contributed by atoms with E-state index < -0.39 is 29.5 Å². The first kappa shape index (κ1) is 19.7. The van der Waals surface area contributed by atoms with Gasteiger partial charge in [-0.15, -0.1) is 0 Å². The zero-order valence-electron chi connectivity index (χ0n) is 15.2. The Morgan fingerprint density at radius 3 is 2.31 bits per heavy atom. The van der Waals surface area contributed by atoms with Gasteiger partial charge in [-0.05, 0) is 39.3 Å². The topological polar surface area (TPSA) is 111 Å². The maximum Gasteiger partial charge on any atom is 0.423 e. The Kier molecular flexibility index (Phi) is 5.86. The monoisotopic (exact) mass is 364 g/mol. The van der Waals surface area contributed by atoms with Crippen molar-refractivity contribution in [2.24, 2.45) is 5.73 Å². The van der Waals surface area contributed by atoms with Gasteiger partial charge < -0.3 is 19.9 Å². The summed E-state index contributed by atoms with van der Waals surface area (Å²) in [6.45, 7) is 5.18. The van der Waals surface area contributed by atoms with Crippen molar-refractivity contribution in [2.75, 3.05) is 6.54 Å². The van der Waals surface area contributed by atoms with E-state index in [1.807, 2.05) is 6.07 Å². The Hall–Kier alpha value is -2.61. The van der Waals surface area contributed by atoms with E-state index in [4.69, 9.17) is 19.9 Å². The molecule has 1 aromatic carbocycles. The Balaban J connectivity index is 2.18. The quantitative estimate of drug-likeness (QED) is 0.610. The maximum absolute atomic E-state index is 12.6. The van der Waals surface area contributed by atoms with Gasteiger partial charge in [-0.3, -0.25) is 0 Å². The smallest absolute Gasteiger partial charge is 0.423 e. The predicted octanol–water partition coefficient (Wildman–Crippen LogP) is 2.55. The van der Waals surface area contributed by atoms with Crippen LogP contribution in [0.2, 0.25) is 0 Å². The number of nitrogens with zero attached hydrogens (tertiary/aromatic N) is 1. The number of imide groups is 1. The molecule has 0 aliphatic carbocycles. The molecule has 2 N–H and O–H groups in total. The molecule has 1 atom stereocenters. The molecule has 2 rings (SSSR count). The Bertz CT molecular complexity index is 670. The molecule has 0 radical (unpaired) electrons. The molecule has 8 nitrogen and oxygen atoms in total. The van der Waals surface area contributed by atoms with Crippen molar-refractivity contribution in [3.05, 3.63) is 35.9 Å². The number of ether oxygens (including phenoxy) is 3. The van der Waals surface area contributed by atoms with Crippen LogP contribution in [0.1, 0.15) is 39.2 Å². The Morgan fingerprint density at radius 2 is 1.81 bits per heavy atom. The summed E-state index contributed by atoms with van der Waals surface area (Å²) in [5, 5.41) is 0. The fourth-order valence-electron chi connectivity index (χ4n) is 2.33. The van der Waals surface area contributed by atoms with Gasteiger partial charge in [-0.1, -0.05) is 30.3 Å². The number of hydrogen-bond acceptors (Lipinski definition) is 7. The second kappa shape index (κ2) is 7.74. The molecule has 1 aromatic rings. The lowest BCUT2D eigenvalue weighted by atomic mass is 10.1. The minimum absolute atomic E-state index is 0.0554. The third-order valence-electron chi connectivity index (χ3n) is 3.58. The van der Waals surface area contributed by atoms with Gasteiger partial charge in [-0.25, -0.2) is 14.4 Å². The van der Waals surface area contributed by atoms with Crippen LogP contribution in [0.3, 0.4) is 0 Å². The highest BCUT2D eigenvalue weighted by molar-refractivity contribution is 6.02. The van der Waals surface area contributed by atoms with E-state index in [1.54, 1.807) is 45.0 Å². The molecule has 0 spiro atoms. The summed E-state index contributed by atoms with van der Waals surface area (Å²) in [4.78, 5) is 37.6. The van der Waals surface area contributed by atoms with Gasteiger partial charge in [0.25, 0.3) is 5.72 Å². The van der Waals surface area contributed by atoms with E-state index in [2.05, 4.69) is 0 Å². The van der Waals surface area contributed by atoms with Crippen molar-refractivity contribution in [1.29, 1.82) is 0 Å². The zero-order chi connectivity index (χ0) is 19.4. The molecular weight excluding hydrogens is 340 g/mol. The Labute approximate surface area is 152 Å². The lowest BCUT2D eigenvalue weighted by Gasteiger charge is -2.27. The molecule has 1 heterocycles. The summed E-state index contributed by atoms with van der Waals surface area (Å²) in [6, 6.07) is 8.97. The van der Waals surface area contributed by atoms with Crippen LogP contribution in [0.4, 0.5) is 9.59 Å². The van der Waals surface area contributed by atoms with E-state index >= 15 is 0 Å². The highest BCUT2D eigenvalue weighted by Crippen LogP contribution is 2.39. The first-order valence-corrected chi connectivity index (χ1v) is 8.37. The van der Waals surface area contributed by atoms with Gasteiger partial charge in [0.1, 0.15) is 12.2 Å². The summed E-state index contributed by atoms with van der Waals surface area (Å²) >= 11 is 0. The van der Waals surface area contributed by atoms with E-state index in [1.165, 1.54) is 0 Å². The van der Waals surface area contributed by atoms with Crippen molar-refractivity contribution >= 4 is 18.2 Å². The number of carbonyl (C=O) groups excluding carboxylic acids is 3. The molecule has 8 heteroatoms. The average Bonchev–Trinajstić information content (AvgIpc) is 3.20. The van der Waals surface area contributed by atoms with E-state index in [0.717, 1.165) is 5.56 Å². The SMILES string of the molecule is CC(C)(C)OC(=O)N(C(=O)OCc1ccccc1)[C@@]1(CCCN)OC1=O. The van der Waals surface area contributed by atoms with Crippen molar-refractivity contribution in [3.63, 3.8) is 0 Å².